The van der Waals surface area contributed by atoms with Gasteiger partial charge >= 0.3 is 0 Å². The lowest BCUT2D eigenvalue weighted by Crippen LogP contribution is -2.52. The van der Waals surface area contributed by atoms with E-state index in [2.05, 4.69) is 41.8 Å². The Morgan fingerprint density at radius 2 is 1.94 bits per heavy atom. The lowest BCUT2D eigenvalue weighted by atomic mass is 10.1. The molecule has 32 heavy (non-hydrogen) atoms. The van der Waals surface area contributed by atoms with Gasteiger partial charge in [-0.25, -0.2) is 4.98 Å². The maximum atomic E-state index is 5.53. The van der Waals surface area contributed by atoms with Crippen LogP contribution in [0.2, 0.25) is 0 Å². The van der Waals surface area contributed by atoms with E-state index in [4.69, 9.17) is 9.47 Å². The number of hydrogen-bond acceptors (Lipinski definition) is 5. The summed E-state index contributed by atoms with van der Waals surface area (Å²) in [5.41, 5.74) is 3.21. The number of imidazole rings is 1. The number of aliphatic imine (C=N–C) groups is 1. The van der Waals surface area contributed by atoms with Crippen LogP contribution in [0.4, 0.5) is 0 Å². The van der Waals surface area contributed by atoms with Gasteiger partial charge in [0.2, 0.25) is 0 Å². The molecule has 8 heteroatoms. The first-order chi connectivity index (χ1) is 15.7. The van der Waals surface area contributed by atoms with Crippen LogP contribution in [0, 0.1) is 0 Å². The molecule has 1 N–H and O–H groups in total. The highest BCUT2D eigenvalue weighted by molar-refractivity contribution is 5.80. The third kappa shape index (κ3) is 5.13. The van der Waals surface area contributed by atoms with Gasteiger partial charge in [0.1, 0.15) is 17.1 Å². The number of pyridine rings is 1. The van der Waals surface area contributed by atoms with Crippen molar-refractivity contribution in [3.05, 3.63) is 60.0 Å². The summed E-state index contributed by atoms with van der Waals surface area (Å²) in [6, 6.07) is 12.0. The maximum absolute atomic E-state index is 5.53. The fraction of sp³-hybridized carbons (Fsp3) is 0.417. The van der Waals surface area contributed by atoms with Gasteiger partial charge in [-0.15, -0.1) is 0 Å². The number of rotatable bonds is 7. The Morgan fingerprint density at radius 3 is 2.66 bits per heavy atom. The molecule has 0 amide bonds. The maximum Gasteiger partial charge on any atom is 0.193 e. The van der Waals surface area contributed by atoms with Crippen LogP contribution in [0.25, 0.3) is 5.65 Å². The number of methoxy groups -OCH3 is 2. The molecule has 0 atom stereocenters. The average molecular weight is 437 g/mol. The van der Waals surface area contributed by atoms with Crippen molar-refractivity contribution in [1.82, 2.24) is 24.5 Å². The van der Waals surface area contributed by atoms with Crippen LogP contribution in [-0.4, -0.2) is 79.1 Å². The van der Waals surface area contributed by atoms with Crippen LogP contribution in [0.5, 0.6) is 11.5 Å². The smallest absolute Gasteiger partial charge is 0.193 e. The van der Waals surface area contributed by atoms with E-state index in [1.807, 2.05) is 43.6 Å². The zero-order valence-electron chi connectivity index (χ0n) is 19.1. The minimum absolute atomic E-state index is 0.803. The molecule has 3 aromatic rings. The molecule has 0 aliphatic carbocycles. The first-order valence-electron chi connectivity index (χ1n) is 11.0. The molecular formula is C24H32N6O2. The molecule has 1 fully saturated rings. The van der Waals surface area contributed by atoms with Gasteiger partial charge in [0, 0.05) is 70.7 Å². The summed E-state index contributed by atoms with van der Waals surface area (Å²) >= 11 is 0. The van der Waals surface area contributed by atoms with Crippen molar-refractivity contribution in [2.75, 3.05) is 54.0 Å². The van der Waals surface area contributed by atoms with Crippen LogP contribution in [-0.2, 0) is 13.0 Å². The molecule has 170 valence electrons. The number of fused-ring (bicyclic) bond motifs is 1. The zero-order chi connectivity index (χ0) is 22.3. The molecule has 3 heterocycles. The summed E-state index contributed by atoms with van der Waals surface area (Å²) < 4.78 is 13.0. The molecular weight excluding hydrogens is 404 g/mol. The van der Waals surface area contributed by atoms with Crippen LogP contribution >= 0.6 is 0 Å². The zero-order valence-corrected chi connectivity index (χ0v) is 19.1. The predicted molar refractivity (Wildman–Crippen MR) is 127 cm³/mol. The van der Waals surface area contributed by atoms with Crippen molar-refractivity contribution in [2.24, 2.45) is 4.99 Å². The van der Waals surface area contributed by atoms with Crippen LogP contribution < -0.4 is 14.8 Å². The fourth-order valence-corrected chi connectivity index (χ4v) is 4.11. The van der Waals surface area contributed by atoms with Crippen molar-refractivity contribution in [3.8, 4) is 11.5 Å². The van der Waals surface area contributed by atoms with Gasteiger partial charge in [0.05, 0.1) is 19.9 Å². The first-order valence-corrected chi connectivity index (χ1v) is 11.0. The molecule has 2 aromatic heterocycles. The average Bonchev–Trinajstić information content (AvgIpc) is 3.25. The summed E-state index contributed by atoms with van der Waals surface area (Å²) in [6.07, 6.45) is 4.97. The van der Waals surface area contributed by atoms with Crippen LogP contribution in [0.1, 0.15) is 11.3 Å². The van der Waals surface area contributed by atoms with Gasteiger partial charge in [-0.2, -0.15) is 0 Å². The van der Waals surface area contributed by atoms with E-state index in [0.29, 0.717) is 0 Å². The molecule has 0 bridgehead atoms. The Labute approximate surface area is 189 Å². The van der Waals surface area contributed by atoms with Gasteiger partial charge < -0.3 is 24.1 Å². The van der Waals surface area contributed by atoms with Gasteiger partial charge in [0.15, 0.2) is 5.96 Å². The Hall–Kier alpha value is -3.26. The van der Waals surface area contributed by atoms with E-state index in [1.54, 1.807) is 14.2 Å². The van der Waals surface area contributed by atoms with E-state index >= 15 is 0 Å². The van der Waals surface area contributed by atoms with E-state index in [0.717, 1.165) is 80.1 Å². The van der Waals surface area contributed by atoms with E-state index in [1.165, 1.54) is 0 Å². The number of nitrogens with zero attached hydrogens (tertiary/aromatic N) is 5. The third-order valence-electron chi connectivity index (χ3n) is 5.84. The van der Waals surface area contributed by atoms with E-state index in [-0.39, 0.29) is 0 Å². The molecule has 1 aliphatic heterocycles. The number of aromatic nitrogens is 2. The summed E-state index contributed by atoms with van der Waals surface area (Å²) in [5.74, 6) is 2.71. The number of benzene rings is 1. The van der Waals surface area contributed by atoms with E-state index < -0.39 is 0 Å². The highest BCUT2D eigenvalue weighted by Gasteiger charge is 2.20. The number of nitrogens with one attached hydrogen (secondary N) is 1. The molecule has 1 saturated heterocycles. The number of guanidine groups is 1. The lowest BCUT2D eigenvalue weighted by molar-refractivity contribution is 0.171. The number of piperazine rings is 1. The van der Waals surface area contributed by atoms with Gasteiger partial charge in [-0.05, 0) is 30.3 Å². The topological polar surface area (TPSA) is 66.6 Å². The Morgan fingerprint density at radius 1 is 1.09 bits per heavy atom. The normalized spacial score (nSPS) is 15.2. The van der Waals surface area contributed by atoms with E-state index in [9.17, 15) is 0 Å². The monoisotopic (exact) mass is 436 g/mol. The van der Waals surface area contributed by atoms with Crippen molar-refractivity contribution in [1.29, 1.82) is 0 Å². The largest absolute Gasteiger partial charge is 0.497 e. The standard InChI is InChI=1S/C24H32N6O2/c1-25-24(26-10-9-20-18-30-11-5-4-6-23(30)27-20)29-14-12-28(13-15-29)17-19-16-21(31-2)7-8-22(19)32-3/h4-8,11,16,18H,9-10,12-15,17H2,1-3H3,(H,25,26). The summed E-state index contributed by atoms with van der Waals surface area (Å²) in [6.45, 7) is 5.44. The molecule has 0 unspecified atom stereocenters. The quantitative estimate of drug-likeness (QED) is 0.453. The Balaban J connectivity index is 1.27. The van der Waals surface area contributed by atoms with Crippen LogP contribution in [0.15, 0.2) is 53.8 Å². The minimum Gasteiger partial charge on any atom is -0.497 e. The second-order valence-corrected chi connectivity index (χ2v) is 7.86. The van der Waals surface area contributed by atoms with Crippen LogP contribution in [0.3, 0.4) is 0 Å². The third-order valence-corrected chi connectivity index (χ3v) is 5.84. The predicted octanol–water partition coefficient (Wildman–Crippen LogP) is 2.29. The second-order valence-electron chi connectivity index (χ2n) is 7.86. The fourth-order valence-electron chi connectivity index (χ4n) is 4.11. The second kappa shape index (κ2) is 10.4. The summed E-state index contributed by atoms with van der Waals surface area (Å²) in [5, 5.41) is 3.50. The van der Waals surface area contributed by atoms with Crippen molar-refractivity contribution in [2.45, 2.75) is 13.0 Å². The van der Waals surface area contributed by atoms with Crippen molar-refractivity contribution >= 4 is 11.6 Å². The van der Waals surface area contributed by atoms with Gasteiger partial charge in [-0.3, -0.25) is 9.89 Å². The Bertz CT molecular complexity index is 1020. The molecule has 8 nitrogen and oxygen atoms in total. The summed E-state index contributed by atoms with van der Waals surface area (Å²) in [7, 11) is 5.25. The molecule has 1 aromatic carbocycles. The number of ether oxygens (including phenoxy) is 2. The van der Waals surface area contributed by atoms with Crippen molar-refractivity contribution < 1.29 is 9.47 Å². The minimum atomic E-state index is 0.803. The molecule has 1 aliphatic rings. The van der Waals surface area contributed by atoms with Gasteiger partial charge in [-0.1, -0.05) is 6.07 Å². The highest BCUT2D eigenvalue weighted by Crippen LogP contribution is 2.25. The van der Waals surface area contributed by atoms with Gasteiger partial charge in [0.25, 0.3) is 0 Å². The Kier molecular flexibility index (Phi) is 7.11. The number of hydrogen-bond donors (Lipinski definition) is 1. The SMILES string of the molecule is CN=C(NCCc1cn2ccccc2n1)N1CCN(Cc2cc(OC)ccc2OC)CC1. The first kappa shape index (κ1) is 22.0. The molecule has 0 saturated carbocycles. The highest BCUT2D eigenvalue weighted by atomic mass is 16.5. The van der Waals surface area contributed by atoms with Crippen molar-refractivity contribution in [3.63, 3.8) is 0 Å². The molecule has 0 radical (unpaired) electrons. The summed E-state index contributed by atoms with van der Waals surface area (Å²) in [4.78, 5) is 13.9. The molecule has 0 spiro atoms. The molecule has 4 rings (SSSR count). The lowest BCUT2D eigenvalue weighted by Gasteiger charge is -2.36.